The monoisotopic (exact) mass is 317 g/mol. The molecule has 0 unspecified atom stereocenters. The van der Waals surface area contributed by atoms with Crippen molar-refractivity contribution in [2.24, 2.45) is 10.9 Å². The number of ether oxygens (including phenoxy) is 3. The first-order chi connectivity index (χ1) is 10.7. The molecule has 0 radical (unpaired) electrons. The second kappa shape index (κ2) is 16.5. The van der Waals surface area contributed by atoms with Crippen molar-refractivity contribution in [3.8, 4) is 0 Å². The Morgan fingerprint density at radius 3 is 2.45 bits per heavy atom. The van der Waals surface area contributed by atoms with Crippen LogP contribution >= 0.6 is 0 Å². The van der Waals surface area contributed by atoms with E-state index in [1.807, 2.05) is 0 Å². The Bertz CT molecular complexity index is 261. The molecule has 0 aliphatic rings. The number of methoxy groups -OCH3 is 1. The maximum atomic E-state index is 5.55. The number of hydrogen-bond donors (Lipinski definition) is 2. The second-order valence-electron chi connectivity index (χ2n) is 5.47. The Morgan fingerprint density at radius 2 is 1.77 bits per heavy atom. The van der Waals surface area contributed by atoms with Crippen molar-refractivity contribution in [2.75, 3.05) is 59.8 Å². The molecule has 6 nitrogen and oxygen atoms in total. The molecule has 0 saturated carbocycles. The van der Waals surface area contributed by atoms with Crippen molar-refractivity contribution >= 4 is 5.96 Å². The van der Waals surface area contributed by atoms with Gasteiger partial charge in [0.15, 0.2) is 5.96 Å². The van der Waals surface area contributed by atoms with E-state index in [1.165, 1.54) is 0 Å². The topological polar surface area (TPSA) is 64.1 Å². The zero-order valence-electron chi connectivity index (χ0n) is 14.8. The SMILES string of the molecule is CCNC(=NCCCOCC(C)C)NCCCOCCOC. The van der Waals surface area contributed by atoms with Gasteiger partial charge in [-0.05, 0) is 25.7 Å². The Hall–Kier alpha value is -0.850. The first kappa shape index (κ1) is 21.1. The van der Waals surface area contributed by atoms with E-state index in [9.17, 15) is 0 Å². The summed E-state index contributed by atoms with van der Waals surface area (Å²) in [5.74, 6) is 1.46. The van der Waals surface area contributed by atoms with Crippen molar-refractivity contribution in [3.05, 3.63) is 0 Å². The van der Waals surface area contributed by atoms with Crippen LogP contribution in [0.1, 0.15) is 33.6 Å². The lowest BCUT2D eigenvalue weighted by atomic mass is 10.2. The molecule has 0 amide bonds. The predicted octanol–water partition coefficient (Wildman–Crippen LogP) is 1.66. The zero-order chi connectivity index (χ0) is 16.5. The van der Waals surface area contributed by atoms with E-state index >= 15 is 0 Å². The van der Waals surface area contributed by atoms with E-state index in [-0.39, 0.29) is 0 Å². The predicted molar refractivity (Wildman–Crippen MR) is 91.6 cm³/mol. The molecule has 0 aromatic rings. The van der Waals surface area contributed by atoms with Crippen LogP contribution in [0.2, 0.25) is 0 Å². The van der Waals surface area contributed by atoms with Gasteiger partial charge in [0, 0.05) is 46.6 Å². The molecule has 2 N–H and O–H groups in total. The van der Waals surface area contributed by atoms with E-state index in [0.717, 1.165) is 58.3 Å². The van der Waals surface area contributed by atoms with E-state index in [0.29, 0.717) is 19.1 Å². The van der Waals surface area contributed by atoms with Crippen LogP contribution < -0.4 is 10.6 Å². The minimum Gasteiger partial charge on any atom is -0.382 e. The van der Waals surface area contributed by atoms with Gasteiger partial charge in [-0.25, -0.2) is 0 Å². The summed E-state index contributed by atoms with van der Waals surface area (Å²) in [5.41, 5.74) is 0. The number of aliphatic imine (C=N–C) groups is 1. The third-order valence-corrected chi connectivity index (χ3v) is 2.70. The number of rotatable bonds is 14. The van der Waals surface area contributed by atoms with E-state index < -0.39 is 0 Å². The van der Waals surface area contributed by atoms with Gasteiger partial charge < -0.3 is 24.8 Å². The van der Waals surface area contributed by atoms with Crippen LogP contribution in [0.15, 0.2) is 4.99 Å². The average Bonchev–Trinajstić information content (AvgIpc) is 2.49. The highest BCUT2D eigenvalue weighted by atomic mass is 16.5. The van der Waals surface area contributed by atoms with Crippen LogP contribution in [-0.2, 0) is 14.2 Å². The Balaban J connectivity index is 3.64. The van der Waals surface area contributed by atoms with Crippen LogP contribution in [-0.4, -0.2) is 65.7 Å². The molecule has 0 aliphatic carbocycles. The quantitative estimate of drug-likeness (QED) is 0.290. The molecule has 0 atom stereocenters. The normalized spacial score (nSPS) is 12.0. The summed E-state index contributed by atoms with van der Waals surface area (Å²) in [6, 6.07) is 0. The van der Waals surface area contributed by atoms with Gasteiger partial charge in [0.2, 0.25) is 0 Å². The molecule has 6 heteroatoms. The van der Waals surface area contributed by atoms with Gasteiger partial charge in [-0.15, -0.1) is 0 Å². The Labute approximate surface area is 136 Å². The van der Waals surface area contributed by atoms with Gasteiger partial charge in [-0.2, -0.15) is 0 Å². The highest BCUT2D eigenvalue weighted by molar-refractivity contribution is 5.79. The summed E-state index contributed by atoms with van der Waals surface area (Å²) in [5, 5.41) is 6.55. The highest BCUT2D eigenvalue weighted by Crippen LogP contribution is 1.93. The average molecular weight is 317 g/mol. The third-order valence-electron chi connectivity index (χ3n) is 2.70. The number of nitrogens with zero attached hydrogens (tertiary/aromatic N) is 1. The number of hydrogen-bond acceptors (Lipinski definition) is 4. The van der Waals surface area contributed by atoms with Crippen LogP contribution in [0.5, 0.6) is 0 Å². The van der Waals surface area contributed by atoms with Gasteiger partial charge in [0.25, 0.3) is 0 Å². The van der Waals surface area contributed by atoms with Crippen LogP contribution in [0.4, 0.5) is 0 Å². The van der Waals surface area contributed by atoms with E-state index in [2.05, 4.69) is 36.4 Å². The molecule has 0 saturated heterocycles. The molecule has 0 spiro atoms. The first-order valence-electron chi connectivity index (χ1n) is 8.37. The lowest BCUT2D eigenvalue weighted by Gasteiger charge is -2.11. The molecular formula is C16H35N3O3. The molecule has 132 valence electrons. The summed E-state index contributed by atoms with van der Waals surface area (Å²) in [6.45, 7) is 12.5. The fraction of sp³-hybridized carbons (Fsp3) is 0.938. The fourth-order valence-corrected chi connectivity index (χ4v) is 1.64. The molecule has 22 heavy (non-hydrogen) atoms. The minimum atomic E-state index is 0.591. The van der Waals surface area contributed by atoms with Crippen molar-refractivity contribution in [3.63, 3.8) is 0 Å². The van der Waals surface area contributed by atoms with E-state index in [4.69, 9.17) is 14.2 Å². The minimum absolute atomic E-state index is 0.591. The van der Waals surface area contributed by atoms with Crippen LogP contribution in [0.25, 0.3) is 0 Å². The highest BCUT2D eigenvalue weighted by Gasteiger charge is 1.97. The molecule has 0 fully saturated rings. The van der Waals surface area contributed by atoms with Crippen molar-refractivity contribution in [2.45, 2.75) is 33.6 Å². The molecule has 0 heterocycles. The molecule has 0 aliphatic heterocycles. The van der Waals surface area contributed by atoms with Gasteiger partial charge in [-0.3, -0.25) is 4.99 Å². The summed E-state index contributed by atoms with van der Waals surface area (Å²) in [4.78, 5) is 4.53. The summed E-state index contributed by atoms with van der Waals surface area (Å²) in [7, 11) is 1.68. The number of guanidine groups is 1. The lowest BCUT2D eigenvalue weighted by molar-refractivity contribution is 0.0698. The first-order valence-corrected chi connectivity index (χ1v) is 8.37. The molecular weight excluding hydrogens is 282 g/mol. The summed E-state index contributed by atoms with van der Waals surface area (Å²) >= 11 is 0. The molecule has 0 bridgehead atoms. The smallest absolute Gasteiger partial charge is 0.191 e. The second-order valence-corrected chi connectivity index (χ2v) is 5.47. The van der Waals surface area contributed by atoms with Crippen LogP contribution in [0.3, 0.4) is 0 Å². The molecule has 0 aromatic carbocycles. The molecule has 0 aromatic heterocycles. The maximum absolute atomic E-state index is 5.55. The third kappa shape index (κ3) is 15.5. The van der Waals surface area contributed by atoms with Gasteiger partial charge in [0.1, 0.15) is 0 Å². The Morgan fingerprint density at radius 1 is 1.00 bits per heavy atom. The lowest BCUT2D eigenvalue weighted by Crippen LogP contribution is -2.38. The van der Waals surface area contributed by atoms with Crippen molar-refractivity contribution in [1.82, 2.24) is 10.6 Å². The standard InChI is InChI=1S/C16H35N3O3/c1-5-17-16(18-8-6-10-21-13-12-20-4)19-9-7-11-22-14-15(2)3/h15H,5-14H2,1-4H3,(H2,17,18,19). The van der Waals surface area contributed by atoms with Crippen LogP contribution in [0, 0.1) is 5.92 Å². The van der Waals surface area contributed by atoms with Gasteiger partial charge >= 0.3 is 0 Å². The largest absolute Gasteiger partial charge is 0.382 e. The number of nitrogens with one attached hydrogen (secondary N) is 2. The Kier molecular flexibility index (Phi) is 15.9. The van der Waals surface area contributed by atoms with Gasteiger partial charge in [-0.1, -0.05) is 13.8 Å². The summed E-state index contributed by atoms with van der Waals surface area (Å²) < 4.78 is 15.9. The van der Waals surface area contributed by atoms with Crippen molar-refractivity contribution in [1.29, 1.82) is 0 Å². The van der Waals surface area contributed by atoms with Crippen molar-refractivity contribution < 1.29 is 14.2 Å². The summed E-state index contributed by atoms with van der Waals surface area (Å²) in [6.07, 6.45) is 1.90. The van der Waals surface area contributed by atoms with Gasteiger partial charge in [0.05, 0.1) is 13.2 Å². The maximum Gasteiger partial charge on any atom is 0.191 e. The zero-order valence-corrected chi connectivity index (χ0v) is 14.8. The molecule has 0 rings (SSSR count). The van der Waals surface area contributed by atoms with E-state index in [1.54, 1.807) is 7.11 Å². The fourth-order valence-electron chi connectivity index (χ4n) is 1.64.